The van der Waals surface area contributed by atoms with E-state index in [1.807, 2.05) is 6.92 Å². The fourth-order valence-corrected chi connectivity index (χ4v) is 5.66. The van der Waals surface area contributed by atoms with Crippen LogP contribution in [0.2, 0.25) is 0 Å². The van der Waals surface area contributed by atoms with E-state index in [2.05, 4.69) is 0 Å². The van der Waals surface area contributed by atoms with Crippen molar-refractivity contribution in [3.8, 4) is 5.75 Å². The predicted molar refractivity (Wildman–Crippen MR) is 130 cm³/mol. The molecule has 2 heterocycles. The molecule has 0 saturated carbocycles. The number of nitrogens with zero attached hydrogens (tertiary/aromatic N) is 2. The van der Waals surface area contributed by atoms with E-state index >= 15 is 0 Å². The van der Waals surface area contributed by atoms with E-state index in [1.54, 1.807) is 72.8 Å². The third kappa shape index (κ3) is 3.83. The van der Waals surface area contributed by atoms with Crippen LogP contribution >= 0.6 is 0 Å². The fourth-order valence-electron chi connectivity index (χ4n) is 4.19. The van der Waals surface area contributed by atoms with Crippen LogP contribution in [0.15, 0.2) is 83.9 Å². The van der Waals surface area contributed by atoms with Crippen LogP contribution in [0, 0.1) is 6.92 Å². The maximum absolute atomic E-state index is 13.7. The van der Waals surface area contributed by atoms with Crippen molar-refractivity contribution in [2.45, 2.75) is 17.9 Å². The van der Waals surface area contributed by atoms with Crippen LogP contribution in [0.1, 0.15) is 20.7 Å². The molecule has 1 aromatic heterocycles. The minimum atomic E-state index is -3.98. The van der Waals surface area contributed by atoms with Crippen molar-refractivity contribution in [1.82, 2.24) is 4.57 Å². The van der Waals surface area contributed by atoms with E-state index in [9.17, 15) is 18.0 Å². The highest BCUT2D eigenvalue weighted by molar-refractivity contribution is 7.92. The Hall–Kier alpha value is -4.11. The molecule has 0 spiro atoms. The summed E-state index contributed by atoms with van der Waals surface area (Å²) >= 11 is 0. The summed E-state index contributed by atoms with van der Waals surface area (Å²) < 4.78 is 40.6. The van der Waals surface area contributed by atoms with Crippen LogP contribution < -0.4 is 9.04 Å². The number of esters is 1. The highest BCUT2D eigenvalue weighted by Crippen LogP contribution is 2.37. The van der Waals surface area contributed by atoms with Crippen molar-refractivity contribution in [3.05, 3.63) is 90.1 Å². The quantitative estimate of drug-likeness (QED) is 0.401. The Kier molecular flexibility index (Phi) is 5.56. The Morgan fingerprint density at radius 3 is 2.40 bits per heavy atom. The molecule has 178 valence electrons. The molecular weight excluding hydrogens is 468 g/mol. The number of anilines is 1. The first-order chi connectivity index (χ1) is 16.8. The molecular formula is C26H22N2O6S. The molecule has 0 fully saturated rings. The van der Waals surface area contributed by atoms with Crippen LogP contribution in [0.5, 0.6) is 5.75 Å². The number of aromatic nitrogens is 1. The lowest BCUT2D eigenvalue weighted by Gasteiger charge is -2.34. The molecule has 0 radical (unpaired) electrons. The Labute approximate surface area is 202 Å². The van der Waals surface area contributed by atoms with Crippen molar-refractivity contribution in [2.24, 2.45) is 0 Å². The van der Waals surface area contributed by atoms with Gasteiger partial charge in [-0.15, -0.1) is 0 Å². The monoisotopic (exact) mass is 490 g/mol. The molecule has 4 aromatic rings. The average Bonchev–Trinajstić information content (AvgIpc) is 3.27. The number of methoxy groups -OCH3 is 1. The summed E-state index contributed by atoms with van der Waals surface area (Å²) in [5.74, 6) is -0.807. The van der Waals surface area contributed by atoms with Gasteiger partial charge in [-0.25, -0.2) is 13.2 Å². The minimum absolute atomic E-state index is 0.116. The van der Waals surface area contributed by atoms with E-state index in [0.29, 0.717) is 16.6 Å². The van der Waals surface area contributed by atoms with Crippen LogP contribution in [-0.2, 0) is 14.8 Å². The maximum atomic E-state index is 13.7. The highest BCUT2D eigenvalue weighted by Gasteiger charge is 2.38. The van der Waals surface area contributed by atoms with E-state index in [1.165, 1.54) is 22.2 Å². The van der Waals surface area contributed by atoms with E-state index in [4.69, 9.17) is 9.47 Å². The molecule has 0 bridgehead atoms. The summed E-state index contributed by atoms with van der Waals surface area (Å²) in [7, 11) is -2.71. The number of rotatable bonds is 4. The number of carbonyl (C=O) groups is 2. The van der Waals surface area contributed by atoms with Gasteiger partial charge in [0.15, 0.2) is 6.10 Å². The maximum Gasteiger partial charge on any atom is 0.340 e. The number of fused-ring (bicyclic) bond motifs is 2. The molecule has 9 heteroatoms. The largest absolute Gasteiger partial charge is 0.476 e. The normalized spacial score (nSPS) is 15.4. The highest BCUT2D eigenvalue weighted by atomic mass is 32.2. The molecule has 0 N–H and O–H groups in total. The first-order valence-electron chi connectivity index (χ1n) is 10.9. The van der Waals surface area contributed by atoms with Gasteiger partial charge in [-0.2, -0.15) is 0 Å². The van der Waals surface area contributed by atoms with Gasteiger partial charge in [0.2, 0.25) is 0 Å². The number of para-hydroxylation sites is 3. The Bertz CT molecular complexity index is 1560. The Balaban J connectivity index is 1.58. The summed E-state index contributed by atoms with van der Waals surface area (Å²) in [4.78, 5) is 26.1. The van der Waals surface area contributed by atoms with Crippen molar-refractivity contribution in [2.75, 3.05) is 18.0 Å². The van der Waals surface area contributed by atoms with Gasteiger partial charge < -0.3 is 9.47 Å². The zero-order valence-corrected chi connectivity index (χ0v) is 19.9. The second-order valence-corrected chi connectivity index (χ2v) is 10.0. The van der Waals surface area contributed by atoms with Crippen LogP contribution in [0.4, 0.5) is 5.69 Å². The third-order valence-corrected chi connectivity index (χ3v) is 7.77. The molecule has 1 aliphatic heterocycles. The lowest BCUT2D eigenvalue weighted by molar-refractivity contribution is 0.0602. The van der Waals surface area contributed by atoms with Gasteiger partial charge >= 0.3 is 5.97 Å². The van der Waals surface area contributed by atoms with Gasteiger partial charge in [0.05, 0.1) is 35.3 Å². The fraction of sp³-hybridized carbons (Fsp3) is 0.154. The van der Waals surface area contributed by atoms with Gasteiger partial charge in [-0.1, -0.05) is 48.0 Å². The second kappa shape index (κ2) is 8.59. The smallest absolute Gasteiger partial charge is 0.340 e. The SMILES string of the molecule is COC(=O)c1cn(C(=O)C2CN(S(=O)(=O)c3ccc(C)cc3)c3ccccc3O2)c2ccccc12. The van der Waals surface area contributed by atoms with Crippen LogP contribution in [0.3, 0.4) is 0 Å². The summed E-state index contributed by atoms with van der Waals surface area (Å²) in [6.45, 7) is 1.64. The third-order valence-electron chi connectivity index (χ3n) is 5.97. The summed E-state index contributed by atoms with van der Waals surface area (Å²) in [6.07, 6.45) is 0.257. The minimum Gasteiger partial charge on any atom is -0.476 e. The van der Waals surface area contributed by atoms with Crippen LogP contribution in [0.25, 0.3) is 10.9 Å². The summed E-state index contributed by atoms with van der Waals surface area (Å²) in [6, 6.07) is 20.2. The molecule has 35 heavy (non-hydrogen) atoms. The molecule has 0 saturated heterocycles. The molecule has 1 atom stereocenters. The topological polar surface area (TPSA) is 94.9 Å². The molecule has 0 aliphatic carbocycles. The van der Waals surface area contributed by atoms with Crippen molar-refractivity contribution < 1.29 is 27.5 Å². The van der Waals surface area contributed by atoms with E-state index in [-0.39, 0.29) is 22.8 Å². The lowest BCUT2D eigenvalue weighted by Crippen LogP contribution is -2.48. The number of ether oxygens (including phenoxy) is 2. The molecule has 1 aliphatic rings. The van der Waals surface area contributed by atoms with Gasteiger partial charge in [-0.3, -0.25) is 13.7 Å². The first kappa shape index (κ1) is 22.7. The van der Waals surface area contributed by atoms with Gasteiger partial charge in [0, 0.05) is 11.6 Å². The zero-order chi connectivity index (χ0) is 24.7. The van der Waals surface area contributed by atoms with Crippen molar-refractivity contribution >= 4 is 38.5 Å². The number of hydrogen-bond donors (Lipinski definition) is 0. The first-order valence-corrected chi connectivity index (χ1v) is 12.3. The molecule has 1 unspecified atom stereocenters. The van der Waals surface area contributed by atoms with Gasteiger partial charge in [0.1, 0.15) is 5.75 Å². The second-order valence-electron chi connectivity index (χ2n) is 8.18. The van der Waals surface area contributed by atoms with Crippen LogP contribution in [-0.4, -0.2) is 44.6 Å². The number of carbonyl (C=O) groups excluding carboxylic acids is 2. The Morgan fingerprint density at radius 2 is 1.66 bits per heavy atom. The molecule has 3 aromatic carbocycles. The van der Waals surface area contributed by atoms with Crippen molar-refractivity contribution in [3.63, 3.8) is 0 Å². The number of benzene rings is 3. The van der Waals surface area contributed by atoms with E-state index < -0.39 is 28.0 Å². The Morgan fingerprint density at radius 1 is 0.971 bits per heavy atom. The molecule has 0 amide bonds. The average molecular weight is 491 g/mol. The molecule has 8 nitrogen and oxygen atoms in total. The lowest BCUT2D eigenvalue weighted by atomic mass is 10.2. The summed E-state index contributed by atoms with van der Waals surface area (Å²) in [5.41, 5.74) is 2.01. The standard InChI is InChI=1S/C26H22N2O6S/c1-17-11-13-18(14-12-17)35(31,32)28-16-24(34-23-10-6-5-9-22(23)28)25(29)27-15-20(26(30)33-2)19-7-3-4-8-21(19)27/h3-15,24H,16H2,1-2H3. The number of aryl methyl sites for hydroxylation is 1. The van der Waals surface area contributed by atoms with E-state index in [0.717, 1.165) is 5.56 Å². The van der Waals surface area contributed by atoms with Gasteiger partial charge in [-0.05, 0) is 37.3 Å². The summed E-state index contributed by atoms with van der Waals surface area (Å²) in [5, 5.41) is 0.549. The molecule has 5 rings (SSSR count). The van der Waals surface area contributed by atoms with Gasteiger partial charge in [0.25, 0.3) is 15.9 Å². The van der Waals surface area contributed by atoms with Crippen molar-refractivity contribution in [1.29, 1.82) is 0 Å². The number of hydrogen-bond acceptors (Lipinski definition) is 6. The number of sulfonamides is 1. The zero-order valence-electron chi connectivity index (χ0n) is 19.0. The predicted octanol–water partition coefficient (Wildman–Crippen LogP) is 4.03.